The Morgan fingerprint density at radius 3 is 2.29 bits per heavy atom. The summed E-state index contributed by atoms with van der Waals surface area (Å²) in [4.78, 5) is 10.1. The number of nitro groups is 1. The van der Waals surface area contributed by atoms with Crippen LogP contribution in [0.25, 0.3) is 0 Å². The summed E-state index contributed by atoms with van der Waals surface area (Å²) in [6.45, 7) is 0.287. The van der Waals surface area contributed by atoms with Gasteiger partial charge in [0, 0.05) is 29.3 Å². The van der Waals surface area contributed by atoms with Crippen molar-refractivity contribution in [3.05, 3.63) is 66.1 Å². The van der Waals surface area contributed by atoms with Crippen LogP contribution in [0.4, 0.5) is 11.4 Å². The lowest BCUT2D eigenvalue weighted by Gasteiger charge is -2.12. The van der Waals surface area contributed by atoms with E-state index < -0.39 is 4.92 Å². The van der Waals surface area contributed by atoms with E-state index in [2.05, 4.69) is 5.32 Å². The number of benzene rings is 2. The average Bonchev–Trinajstić information content (AvgIpc) is 2.44. The maximum absolute atomic E-state index is 10.6. The van der Waals surface area contributed by atoms with Crippen molar-refractivity contribution in [3.8, 4) is 0 Å². The van der Waals surface area contributed by atoms with Gasteiger partial charge in [-0.2, -0.15) is 0 Å². The van der Waals surface area contributed by atoms with E-state index in [0.29, 0.717) is 26.3 Å². The summed E-state index contributed by atoms with van der Waals surface area (Å²) < 4.78 is 0. The Morgan fingerprint density at radius 2 is 1.67 bits per heavy atom. The summed E-state index contributed by atoms with van der Waals surface area (Å²) >= 11 is 24.1. The molecule has 0 aromatic heterocycles. The zero-order valence-electron chi connectivity index (χ0n) is 10.4. The Hall–Kier alpha value is -1.20. The highest BCUT2D eigenvalue weighted by molar-refractivity contribution is 6.44. The molecule has 1 N–H and O–H groups in total. The lowest BCUT2D eigenvalue weighted by molar-refractivity contribution is -0.384. The Bertz CT molecular complexity index is 707. The first-order valence-corrected chi connectivity index (χ1v) is 7.21. The number of non-ortho nitro benzene ring substituents is 1. The standard InChI is InChI=1S/C13H8Cl4N2O2/c14-9-2-3-10(15)13(17)8(9)6-18-12-4-1-7(19(20)21)5-11(12)16/h1-5,18H,6H2. The van der Waals surface area contributed by atoms with E-state index in [1.807, 2.05) is 0 Å². The fraction of sp³-hybridized carbons (Fsp3) is 0.0769. The molecule has 0 amide bonds. The van der Waals surface area contributed by atoms with Gasteiger partial charge in [-0.3, -0.25) is 10.1 Å². The van der Waals surface area contributed by atoms with E-state index >= 15 is 0 Å². The van der Waals surface area contributed by atoms with Gasteiger partial charge in [0.1, 0.15) is 0 Å². The van der Waals surface area contributed by atoms with Gasteiger partial charge in [-0.05, 0) is 18.2 Å². The summed E-state index contributed by atoms with van der Waals surface area (Å²) in [5, 5.41) is 15.1. The number of halogens is 4. The second-order valence-electron chi connectivity index (χ2n) is 4.10. The van der Waals surface area contributed by atoms with Gasteiger partial charge in [0.2, 0.25) is 0 Å². The molecule has 2 aromatic carbocycles. The van der Waals surface area contributed by atoms with Crippen LogP contribution in [0, 0.1) is 10.1 Å². The predicted octanol–water partition coefficient (Wildman–Crippen LogP) is 5.82. The highest BCUT2D eigenvalue weighted by Gasteiger charge is 2.12. The topological polar surface area (TPSA) is 55.2 Å². The molecule has 0 spiro atoms. The summed E-state index contributed by atoms with van der Waals surface area (Å²) in [7, 11) is 0. The highest BCUT2D eigenvalue weighted by atomic mass is 35.5. The second-order valence-corrected chi connectivity index (χ2v) is 5.70. The van der Waals surface area contributed by atoms with Crippen molar-refractivity contribution in [2.45, 2.75) is 6.54 Å². The minimum absolute atomic E-state index is 0.0793. The molecule has 0 heterocycles. The molecule has 8 heteroatoms. The molecular weight excluding hydrogens is 358 g/mol. The second kappa shape index (κ2) is 6.71. The monoisotopic (exact) mass is 364 g/mol. The van der Waals surface area contributed by atoms with Crippen LogP contribution in [0.1, 0.15) is 5.56 Å². The molecule has 0 unspecified atom stereocenters. The third-order valence-electron chi connectivity index (χ3n) is 2.76. The van der Waals surface area contributed by atoms with Gasteiger partial charge < -0.3 is 5.32 Å². The number of nitrogens with zero attached hydrogens (tertiary/aromatic N) is 1. The fourth-order valence-electron chi connectivity index (χ4n) is 1.68. The maximum Gasteiger partial charge on any atom is 0.271 e. The molecule has 0 saturated carbocycles. The highest BCUT2D eigenvalue weighted by Crippen LogP contribution is 2.33. The quantitative estimate of drug-likeness (QED) is 0.421. The van der Waals surface area contributed by atoms with Gasteiger partial charge in [0.25, 0.3) is 5.69 Å². The summed E-state index contributed by atoms with van der Waals surface area (Å²) in [5.41, 5.74) is 1.08. The molecule has 0 radical (unpaired) electrons. The van der Waals surface area contributed by atoms with Crippen LogP contribution in [0.2, 0.25) is 20.1 Å². The summed E-state index contributed by atoms with van der Waals surface area (Å²) in [5.74, 6) is 0. The van der Waals surface area contributed by atoms with Crippen LogP contribution in [0.5, 0.6) is 0 Å². The van der Waals surface area contributed by atoms with E-state index in [-0.39, 0.29) is 17.3 Å². The van der Waals surface area contributed by atoms with Crippen LogP contribution in [0.3, 0.4) is 0 Å². The van der Waals surface area contributed by atoms with E-state index in [4.69, 9.17) is 46.4 Å². The van der Waals surface area contributed by atoms with Gasteiger partial charge >= 0.3 is 0 Å². The molecule has 0 aliphatic rings. The third-order valence-corrected chi connectivity index (χ3v) is 4.27. The molecule has 0 aliphatic carbocycles. The van der Waals surface area contributed by atoms with Crippen LogP contribution >= 0.6 is 46.4 Å². The largest absolute Gasteiger partial charge is 0.380 e. The van der Waals surface area contributed by atoms with Crippen LogP contribution in [-0.4, -0.2) is 4.92 Å². The molecule has 0 atom stereocenters. The van der Waals surface area contributed by atoms with E-state index in [9.17, 15) is 10.1 Å². The van der Waals surface area contributed by atoms with E-state index in [1.54, 1.807) is 12.1 Å². The third kappa shape index (κ3) is 3.71. The van der Waals surface area contributed by atoms with Crippen molar-refractivity contribution in [1.82, 2.24) is 0 Å². The van der Waals surface area contributed by atoms with Crippen molar-refractivity contribution in [3.63, 3.8) is 0 Å². The summed E-state index contributed by atoms with van der Waals surface area (Å²) in [6, 6.07) is 7.39. The van der Waals surface area contributed by atoms with Gasteiger partial charge in [0.05, 0.1) is 25.7 Å². The first-order valence-electron chi connectivity index (χ1n) is 5.70. The van der Waals surface area contributed by atoms with Gasteiger partial charge in [-0.15, -0.1) is 0 Å². The number of hydrogen-bond acceptors (Lipinski definition) is 3. The zero-order chi connectivity index (χ0) is 15.6. The van der Waals surface area contributed by atoms with Crippen molar-refractivity contribution in [1.29, 1.82) is 0 Å². The van der Waals surface area contributed by atoms with Crippen LogP contribution in [-0.2, 0) is 6.54 Å². The Balaban J connectivity index is 2.21. The number of anilines is 1. The van der Waals surface area contributed by atoms with E-state index in [1.165, 1.54) is 18.2 Å². The molecule has 0 bridgehead atoms. The smallest absolute Gasteiger partial charge is 0.271 e. The molecule has 110 valence electrons. The normalized spacial score (nSPS) is 10.5. The van der Waals surface area contributed by atoms with E-state index in [0.717, 1.165) is 0 Å². The first kappa shape index (κ1) is 16.2. The molecule has 21 heavy (non-hydrogen) atoms. The average molecular weight is 366 g/mol. The summed E-state index contributed by atoms with van der Waals surface area (Å²) in [6.07, 6.45) is 0. The fourth-order valence-corrected chi connectivity index (χ4v) is 2.60. The number of nitrogens with one attached hydrogen (secondary N) is 1. The molecule has 0 fully saturated rings. The number of rotatable bonds is 4. The van der Waals surface area contributed by atoms with Gasteiger partial charge in [-0.25, -0.2) is 0 Å². The van der Waals surface area contributed by atoms with Crippen LogP contribution < -0.4 is 5.32 Å². The lowest BCUT2D eigenvalue weighted by atomic mass is 10.2. The molecule has 2 aromatic rings. The molecule has 2 rings (SSSR count). The Kier molecular flexibility index (Phi) is 5.17. The van der Waals surface area contributed by atoms with Crippen molar-refractivity contribution in [2.75, 3.05) is 5.32 Å². The minimum atomic E-state index is -0.514. The predicted molar refractivity (Wildman–Crippen MR) is 86.9 cm³/mol. The lowest BCUT2D eigenvalue weighted by Crippen LogP contribution is -2.02. The number of nitro benzene ring substituents is 1. The SMILES string of the molecule is O=[N+]([O-])c1ccc(NCc2c(Cl)ccc(Cl)c2Cl)c(Cl)c1. The van der Waals surface area contributed by atoms with Gasteiger partial charge in [0.15, 0.2) is 0 Å². The Labute approximate surface area is 140 Å². The van der Waals surface area contributed by atoms with Crippen LogP contribution in [0.15, 0.2) is 30.3 Å². The van der Waals surface area contributed by atoms with Crippen molar-refractivity contribution in [2.24, 2.45) is 0 Å². The Morgan fingerprint density at radius 1 is 1.00 bits per heavy atom. The van der Waals surface area contributed by atoms with Gasteiger partial charge in [-0.1, -0.05) is 46.4 Å². The molecular formula is C13H8Cl4N2O2. The maximum atomic E-state index is 10.6. The van der Waals surface area contributed by atoms with Crippen molar-refractivity contribution >= 4 is 57.8 Å². The zero-order valence-corrected chi connectivity index (χ0v) is 13.4. The minimum Gasteiger partial charge on any atom is -0.380 e. The molecule has 4 nitrogen and oxygen atoms in total. The first-order chi connectivity index (χ1) is 9.90. The van der Waals surface area contributed by atoms with Crippen molar-refractivity contribution < 1.29 is 4.92 Å². The molecule has 0 aliphatic heterocycles. The molecule has 0 saturated heterocycles. The number of hydrogen-bond donors (Lipinski definition) is 1.